The van der Waals surface area contributed by atoms with E-state index in [-0.39, 0.29) is 0 Å². The number of unbranched alkanes of at least 4 members (excludes halogenated alkanes) is 1. The minimum Gasteiger partial charge on any atom is -0.390 e. The van der Waals surface area contributed by atoms with Crippen LogP contribution in [0.15, 0.2) is 0 Å². The SMILES string of the molecule is CC(C)C.CCCC.N=CN. The first-order chi connectivity index (χ1) is 5.06. The average molecular weight is 160 g/mol. The predicted molar refractivity (Wildman–Crippen MR) is 54.1 cm³/mol. The highest BCUT2D eigenvalue weighted by atomic mass is 14.6. The maximum absolute atomic E-state index is 5.86. The van der Waals surface area contributed by atoms with Gasteiger partial charge in [0.15, 0.2) is 0 Å². The average Bonchev–Trinajstić information content (AvgIpc) is 1.88. The van der Waals surface area contributed by atoms with Gasteiger partial charge in [0.05, 0.1) is 6.34 Å². The van der Waals surface area contributed by atoms with Crippen molar-refractivity contribution in [1.82, 2.24) is 0 Å². The van der Waals surface area contributed by atoms with Crippen molar-refractivity contribution in [3.05, 3.63) is 0 Å². The molecule has 0 aromatic heterocycles. The Morgan fingerprint density at radius 2 is 1.27 bits per heavy atom. The molecule has 0 aliphatic carbocycles. The van der Waals surface area contributed by atoms with E-state index >= 15 is 0 Å². The first-order valence-corrected chi connectivity index (χ1v) is 4.27. The number of hydrogen-bond donors (Lipinski definition) is 2. The lowest BCUT2D eigenvalue weighted by atomic mass is 10.3. The van der Waals surface area contributed by atoms with E-state index in [0.717, 1.165) is 12.3 Å². The van der Waals surface area contributed by atoms with Crippen molar-refractivity contribution in [2.45, 2.75) is 47.5 Å². The highest BCUT2D eigenvalue weighted by molar-refractivity contribution is 5.46. The van der Waals surface area contributed by atoms with E-state index in [0.29, 0.717) is 0 Å². The second kappa shape index (κ2) is 22.7. The summed E-state index contributed by atoms with van der Waals surface area (Å²) in [4.78, 5) is 0. The number of nitrogens with two attached hydrogens (primary N) is 1. The first-order valence-electron chi connectivity index (χ1n) is 4.27. The highest BCUT2D eigenvalue weighted by Crippen LogP contribution is 1.81. The van der Waals surface area contributed by atoms with Crippen molar-refractivity contribution < 1.29 is 0 Å². The van der Waals surface area contributed by atoms with Gasteiger partial charge in [-0.25, -0.2) is 0 Å². The quantitative estimate of drug-likeness (QED) is 0.449. The first kappa shape index (κ1) is 16.8. The summed E-state index contributed by atoms with van der Waals surface area (Å²) in [5.41, 5.74) is 4.39. The van der Waals surface area contributed by atoms with E-state index in [2.05, 4.69) is 40.4 Å². The number of nitrogens with one attached hydrogen (secondary N) is 1. The maximum atomic E-state index is 5.86. The molecule has 0 fully saturated rings. The van der Waals surface area contributed by atoms with Gasteiger partial charge < -0.3 is 5.73 Å². The van der Waals surface area contributed by atoms with Gasteiger partial charge in [0.2, 0.25) is 0 Å². The highest BCUT2D eigenvalue weighted by Gasteiger charge is 1.68. The van der Waals surface area contributed by atoms with Gasteiger partial charge in [0.25, 0.3) is 0 Å². The molecule has 0 unspecified atom stereocenters. The van der Waals surface area contributed by atoms with Gasteiger partial charge in [-0.1, -0.05) is 47.5 Å². The van der Waals surface area contributed by atoms with Crippen molar-refractivity contribution in [2.75, 3.05) is 0 Å². The third kappa shape index (κ3) is 2390. The molecule has 0 aliphatic rings. The Bertz CT molecular complexity index is 46.8. The normalized spacial score (nSPS) is 7.09. The van der Waals surface area contributed by atoms with Gasteiger partial charge in [-0.15, -0.1) is 0 Å². The molecular weight excluding hydrogens is 136 g/mol. The Balaban J connectivity index is -0.0000000886. The van der Waals surface area contributed by atoms with E-state index in [1.54, 1.807) is 0 Å². The molecule has 0 radical (unpaired) electrons. The fourth-order valence-corrected chi connectivity index (χ4v) is 0. The molecule has 0 saturated heterocycles. The van der Waals surface area contributed by atoms with E-state index in [1.165, 1.54) is 12.8 Å². The van der Waals surface area contributed by atoms with Crippen LogP contribution < -0.4 is 5.73 Å². The van der Waals surface area contributed by atoms with Gasteiger partial charge in [0, 0.05) is 0 Å². The van der Waals surface area contributed by atoms with Crippen LogP contribution in [0.2, 0.25) is 0 Å². The van der Waals surface area contributed by atoms with Crippen LogP contribution in [0.1, 0.15) is 47.5 Å². The fraction of sp³-hybridized carbons (Fsp3) is 0.889. The summed E-state index contributed by atoms with van der Waals surface area (Å²) >= 11 is 0. The summed E-state index contributed by atoms with van der Waals surface area (Å²) in [5.74, 6) is 0.833. The molecule has 11 heavy (non-hydrogen) atoms. The van der Waals surface area contributed by atoms with Crippen LogP contribution in [-0.2, 0) is 0 Å². The molecule has 2 heteroatoms. The van der Waals surface area contributed by atoms with Gasteiger partial charge >= 0.3 is 0 Å². The molecule has 0 aromatic rings. The molecule has 0 aliphatic heterocycles. The molecule has 2 nitrogen and oxygen atoms in total. The summed E-state index contributed by atoms with van der Waals surface area (Å²) in [6.45, 7) is 10.9. The standard InChI is InChI=1S/2C4H10.CH4N2/c1-4(2)3;1-3-4-2;2-1-3/h4H,1-3H3;3-4H2,1-2H3;1H,(H3,2,3). The van der Waals surface area contributed by atoms with Crippen molar-refractivity contribution in [3.63, 3.8) is 0 Å². The molecular formula is C9H24N2. The van der Waals surface area contributed by atoms with Gasteiger partial charge in [-0.05, 0) is 5.92 Å². The molecule has 0 rings (SSSR count). The lowest BCUT2D eigenvalue weighted by Crippen LogP contribution is -1.81. The van der Waals surface area contributed by atoms with Crippen LogP contribution in [-0.4, -0.2) is 6.34 Å². The van der Waals surface area contributed by atoms with Crippen LogP contribution in [0.4, 0.5) is 0 Å². The van der Waals surface area contributed by atoms with Crippen LogP contribution in [0.25, 0.3) is 0 Å². The Labute approximate surface area is 71.7 Å². The van der Waals surface area contributed by atoms with E-state index in [1.807, 2.05) is 0 Å². The molecule has 0 atom stereocenters. The molecule has 3 N–H and O–H groups in total. The third-order valence-electron chi connectivity index (χ3n) is 0.500. The number of hydrogen-bond acceptors (Lipinski definition) is 1. The Kier molecular flexibility index (Phi) is 34.7. The lowest BCUT2D eigenvalue weighted by molar-refractivity contribution is 0.737. The zero-order valence-corrected chi connectivity index (χ0v) is 8.65. The topological polar surface area (TPSA) is 49.9 Å². The zero-order valence-electron chi connectivity index (χ0n) is 8.65. The Morgan fingerprint density at radius 3 is 1.27 bits per heavy atom. The van der Waals surface area contributed by atoms with Crippen LogP contribution >= 0.6 is 0 Å². The summed E-state index contributed by atoms with van der Waals surface area (Å²) in [5, 5.41) is 5.86. The number of rotatable bonds is 1. The molecule has 0 amide bonds. The van der Waals surface area contributed by atoms with Gasteiger partial charge in [0.1, 0.15) is 0 Å². The van der Waals surface area contributed by atoms with Gasteiger partial charge in [-0.3, -0.25) is 5.41 Å². The van der Waals surface area contributed by atoms with Crippen molar-refractivity contribution in [2.24, 2.45) is 11.7 Å². The van der Waals surface area contributed by atoms with E-state index in [4.69, 9.17) is 5.41 Å². The van der Waals surface area contributed by atoms with E-state index < -0.39 is 0 Å². The van der Waals surface area contributed by atoms with Crippen molar-refractivity contribution in [1.29, 1.82) is 5.41 Å². The van der Waals surface area contributed by atoms with Crippen LogP contribution in [0, 0.1) is 11.3 Å². The zero-order chi connectivity index (χ0) is 9.70. The van der Waals surface area contributed by atoms with E-state index in [9.17, 15) is 0 Å². The second-order valence-electron chi connectivity index (χ2n) is 2.90. The van der Waals surface area contributed by atoms with Gasteiger partial charge in [-0.2, -0.15) is 0 Å². The summed E-state index contributed by atoms with van der Waals surface area (Å²) < 4.78 is 0. The van der Waals surface area contributed by atoms with Crippen LogP contribution in [0.5, 0.6) is 0 Å². The molecule has 0 heterocycles. The van der Waals surface area contributed by atoms with Crippen LogP contribution in [0.3, 0.4) is 0 Å². The monoisotopic (exact) mass is 160 g/mol. The Morgan fingerprint density at radius 1 is 1.18 bits per heavy atom. The van der Waals surface area contributed by atoms with Crippen molar-refractivity contribution in [3.8, 4) is 0 Å². The summed E-state index contributed by atoms with van der Waals surface area (Å²) in [6.07, 6.45) is 3.39. The molecule has 0 spiro atoms. The predicted octanol–water partition coefficient (Wildman–Crippen LogP) is 3.02. The van der Waals surface area contributed by atoms with Crippen molar-refractivity contribution >= 4 is 6.34 Å². The maximum Gasteiger partial charge on any atom is 0.0765 e. The molecule has 0 bridgehead atoms. The Hall–Kier alpha value is -0.530. The third-order valence-corrected chi connectivity index (χ3v) is 0.500. The smallest absolute Gasteiger partial charge is 0.0765 e. The minimum atomic E-state index is 0.750. The second-order valence-corrected chi connectivity index (χ2v) is 2.90. The largest absolute Gasteiger partial charge is 0.390 e. The fourth-order valence-electron chi connectivity index (χ4n) is 0. The lowest BCUT2D eigenvalue weighted by Gasteiger charge is -1.79. The molecule has 70 valence electrons. The summed E-state index contributed by atoms with van der Waals surface area (Å²) in [7, 11) is 0. The minimum absolute atomic E-state index is 0.750. The molecule has 0 saturated carbocycles. The molecule has 0 aromatic carbocycles. The summed E-state index contributed by atoms with van der Waals surface area (Å²) in [6, 6.07) is 0.